The molecule has 0 fully saturated rings. The molecule has 1 aliphatic rings. The van der Waals surface area contributed by atoms with Gasteiger partial charge < -0.3 is 24.5 Å². The predicted octanol–water partition coefficient (Wildman–Crippen LogP) is 2.10. The number of methoxy groups -OCH3 is 1. The number of hydrogen-bond acceptors (Lipinski definition) is 7. The average Bonchev–Trinajstić information content (AvgIpc) is 2.94. The monoisotopic (exact) mass is 353 g/mol. The molecule has 4 rings (SSSR count). The van der Waals surface area contributed by atoms with Crippen molar-refractivity contribution in [1.82, 2.24) is 19.5 Å². The number of anilines is 1. The summed E-state index contributed by atoms with van der Waals surface area (Å²) in [5.41, 5.74) is 8.26. The second kappa shape index (κ2) is 6.55. The van der Waals surface area contributed by atoms with Crippen LogP contribution in [0.5, 0.6) is 17.5 Å². The summed E-state index contributed by atoms with van der Waals surface area (Å²) in [7, 11) is 1.64. The molecular formula is C18H19N5O3. The summed E-state index contributed by atoms with van der Waals surface area (Å²) in [6.45, 7) is 3.20. The topological polar surface area (TPSA) is 97.3 Å². The Hall–Kier alpha value is -3.29. The second-order valence-corrected chi connectivity index (χ2v) is 5.92. The maximum absolute atomic E-state index is 6.05. The van der Waals surface area contributed by atoms with Crippen LogP contribution in [0.25, 0.3) is 11.2 Å². The van der Waals surface area contributed by atoms with Crippen LogP contribution >= 0.6 is 0 Å². The molecule has 8 heteroatoms. The molecule has 2 aromatic heterocycles. The third kappa shape index (κ3) is 3.01. The summed E-state index contributed by atoms with van der Waals surface area (Å²) in [6.07, 6.45) is 3.72. The number of nitrogen functional groups attached to an aromatic ring is 1. The minimum absolute atomic E-state index is 0.227. The molecule has 8 nitrogen and oxygen atoms in total. The zero-order chi connectivity index (χ0) is 18.1. The van der Waals surface area contributed by atoms with Crippen LogP contribution in [0, 0.1) is 6.92 Å². The van der Waals surface area contributed by atoms with Gasteiger partial charge in [-0.25, -0.2) is 4.98 Å². The smallest absolute Gasteiger partial charge is 0.320 e. The Kier molecular flexibility index (Phi) is 4.08. The summed E-state index contributed by atoms with van der Waals surface area (Å²) < 4.78 is 18.7. The Morgan fingerprint density at radius 2 is 1.88 bits per heavy atom. The number of benzene rings is 1. The van der Waals surface area contributed by atoms with E-state index in [2.05, 4.69) is 15.0 Å². The number of hydrogen-bond donors (Lipinski definition) is 1. The minimum atomic E-state index is 0.227. The van der Waals surface area contributed by atoms with Crippen LogP contribution in [-0.2, 0) is 6.54 Å². The van der Waals surface area contributed by atoms with E-state index in [1.807, 2.05) is 41.8 Å². The fourth-order valence-electron chi connectivity index (χ4n) is 2.87. The van der Waals surface area contributed by atoms with E-state index in [1.54, 1.807) is 7.11 Å². The van der Waals surface area contributed by atoms with Crippen LogP contribution in [0.15, 0.2) is 30.4 Å². The van der Waals surface area contributed by atoms with Crippen LogP contribution in [-0.4, -0.2) is 39.8 Å². The number of imidazole rings is 1. The van der Waals surface area contributed by atoms with Crippen LogP contribution in [0.1, 0.15) is 11.4 Å². The SMILES string of the molecule is COc1cc2cc(c1)OC/C=C/COc1nc(N)c3nc(C)n(c3n1)C2. The van der Waals surface area contributed by atoms with Crippen molar-refractivity contribution in [1.29, 1.82) is 0 Å². The van der Waals surface area contributed by atoms with Crippen LogP contribution in [0.4, 0.5) is 5.82 Å². The maximum atomic E-state index is 6.05. The van der Waals surface area contributed by atoms with Gasteiger partial charge in [0, 0.05) is 6.07 Å². The standard InChI is InChI=1S/C18H19N5O3/c1-11-20-15-16(19)21-18-22-17(15)23(11)10-12-7-13(24-2)9-14(8-12)25-5-3-4-6-26-18/h3-4,7-9H,5-6,10H2,1-2H3,(H2,19,21,22)/b4-3+. The van der Waals surface area contributed by atoms with Crippen molar-refractivity contribution >= 4 is 17.0 Å². The van der Waals surface area contributed by atoms with Crippen molar-refractivity contribution in [3.8, 4) is 17.5 Å². The number of fused-ring (bicyclic) bond motifs is 3. The molecule has 0 saturated carbocycles. The number of aromatic nitrogens is 4. The average molecular weight is 353 g/mol. The molecular weight excluding hydrogens is 334 g/mol. The molecule has 1 aliphatic heterocycles. The molecule has 0 unspecified atom stereocenters. The van der Waals surface area contributed by atoms with E-state index in [-0.39, 0.29) is 6.01 Å². The second-order valence-electron chi connectivity index (χ2n) is 5.92. The van der Waals surface area contributed by atoms with Gasteiger partial charge >= 0.3 is 6.01 Å². The highest BCUT2D eigenvalue weighted by Crippen LogP contribution is 2.26. The lowest BCUT2D eigenvalue weighted by Gasteiger charge is -2.12. The summed E-state index contributed by atoms with van der Waals surface area (Å²) in [4.78, 5) is 13.2. The van der Waals surface area contributed by atoms with E-state index in [0.717, 1.165) is 22.9 Å². The molecule has 3 heterocycles. The number of nitrogens with two attached hydrogens (primary N) is 1. The van der Waals surface area contributed by atoms with Gasteiger partial charge in [-0.05, 0) is 36.8 Å². The largest absolute Gasteiger partial charge is 0.497 e. The Balaban J connectivity index is 1.88. The fourth-order valence-corrected chi connectivity index (χ4v) is 2.87. The quantitative estimate of drug-likeness (QED) is 0.669. The number of rotatable bonds is 1. The van der Waals surface area contributed by atoms with Gasteiger partial charge in [0.05, 0.1) is 13.7 Å². The van der Waals surface area contributed by atoms with E-state index >= 15 is 0 Å². The Morgan fingerprint density at radius 3 is 2.69 bits per heavy atom. The predicted molar refractivity (Wildman–Crippen MR) is 96.7 cm³/mol. The molecule has 0 radical (unpaired) electrons. The normalized spacial score (nSPS) is 15.2. The van der Waals surface area contributed by atoms with Gasteiger partial charge in [0.1, 0.15) is 30.5 Å². The van der Waals surface area contributed by atoms with E-state index in [4.69, 9.17) is 19.9 Å². The highest BCUT2D eigenvalue weighted by Gasteiger charge is 2.16. The molecule has 0 amide bonds. The van der Waals surface area contributed by atoms with Crippen LogP contribution in [0.3, 0.4) is 0 Å². The first-order chi connectivity index (χ1) is 12.6. The summed E-state index contributed by atoms with van der Waals surface area (Å²) >= 11 is 0. The van der Waals surface area contributed by atoms with Gasteiger partial charge in [-0.3, -0.25) is 0 Å². The van der Waals surface area contributed by atoms with Crippen molar-refractivity contribution in [3.05, 3.63) is 41.7 Å². The van der Waals surface area contributed by atoms with Gasteiger partial charge in [0.2, 0.25) is 0 Å². The Morgan fingerprint density at radius 1 is 1.08 bits per heavy atom. The Labute approximate surface area is 150 Å². The molecule has 134 valence electrons. The molecule has 2 N–H and O–H groups in total. The molecule has 0 saturated heterocycles. The van der Waals surface area contributed by atoms with Crippen molar-refractivity contribution in [2.45, 2.75) is 13.5 Å². The molecule has 1 aromatic carbocycles. The maximum Gasteiger partial charge on any atom is 0.320 e. The summed E-state index contributed by atoms with van der Waals surface area (Å²) in [5, 5.41) is 0. The lowest BCUT2D eigenvalue weighted by molar-refractivity contribution is 0.329. The molecule has 0 spiro atoms. The first-order valence-corrected chi connectivity index (χ1v) is 8.23. The zero-order valence-corrected chi connectivity index (χ0v) is 14.6. The van der Waals surface area contributed by atoms with Gasteiger partial charge in [-0.1, -0.05) is 0 Å². The van der Waals surface area contributed by atoms with E-state index < -0.39 is 0 Å². The lowest BCUT2D eigenvalue weighted by Crippen LogP contribution is -2.07. The molecule has 26 heavy (non-hydrogen) atoms. The molecule has 0 aliphatic carbocycles. The Bertz CT molecular complexity index is 996. The number of nitrogens with zero attached hydrogens (tertiary/aromatic N) is 4. The summed E-state index contributed by atoms with van der Waals surface area (Å²) in [6, 6.07) is 6.03. The highest BCUT2D eigenvalue weighted by molar-refractivity contribution is 5.82. The molecule has 3 aromatic rings. The van der Waals surface area contributed by atoms with Crippen molar-refractivity contribution in [2.24, 2.45) is 0 Å². The first-order valence-electron chi connectivity index (χ1n) is 8.23. The van der Waals surface area contributed by atoms with Crippen molar-refractivity contribution < 1.29 is 14.2 Å². The van der Waals surface area contributed by atoms with Crippen molar-refractivity contribution in [3.63, 3.8) is 0 Å². The summed E-state index contributed by atoms with van der Waals surface area (Å²) in [5.74, 6) is 2.56. The van der Waals surface area contributed by atoms with Gasteiger partial charge in [-0.15, -0.1) is 0 Å². The molecule has 4 bridgehead atoms. The molecule has 0 atom stereocenters. The van der Waals surface area contributed by atoms with Gasteiger partial charge in [0.25, 0.3) is 0 Å². The number of aryl methyl sites for hydroxylation is 1. The third-order valence-corrected chi connectivity index (χ3v) is 4.13. The van der Waals surface area contributed by atoms with E-state index in [1.165, 1.54) is 0 Å². The van der Waals surface area contributed by atoms with Gasteiger partial charge in [0.15, 0.2) is 17.0 Å². The van der Waals surface area contributed by atoms with Crippen LogP contribution < -0.4 is 19.9 Å². The van der Waals surface area contributed by atoms with Crippen LogP contribution in [0.2, 0.25) is 0 Å². The first kappa shape index (κ1) is 16.2. The zero-order valence-electron chi connectivity index (χ0n) is 14.6. The highest BCUT2D eigenvalue weighted by atomic mass is 16.5. The van der Waals surface area contributed by atoms with Gasteiger partial charge in [-0.2, -0.15) is 9.97 Å². The number of ether oxygens (including phenoxy) is 3. The van der Waals surface area contributed by atoms with Crippen molar-refractivity contribution in [2.75, 3.05) is 26.1 Å². The lowest BCUT2D eigenvalue weighted by atomic mass is 10.2. The van der Waals surface area contributed by atoms with E-state index in [9.17, 15) is 0 Å². The fraction of sp³-hybridized carbons (Fsp3) is 0.278. The third-order valence-electron chi connectivity index (χ3n) is 4.13. The minimum Gasteiger partial charge on any atom is -0.497 e. The van der Waals surface area contributed by atoms with E-state index in [0.29, 0.717) is 36.7 Å².